The van der Waals surface area contributed by atoms with Crippen LogP contribution in [-0.2, 0) is 4.79 Å². The highest BCUT2D eigenvalue weighted by Gasteiger charge is 2.43. The monoisotopic (exact) mass is 275 g/mol. The summed E-state index contributed by atoms with van der Waals surface area (Å²) in [6, 6.07) is 6.64. The molecular formula is C15H21N3O2. The first-order valence-corrected chi connectivity index (χ1v) is 6.88. The molecule has 0 saturated carbocycles. The van der Waals surface area contributed by atoms with Crippen LogP contribution >= 0.6 is 0 Å². The minimum atomic E-state index is -0.471. The van der Waals surface area contributed by atoms with Crippen molar-refractivity contribution < 1.29 is 9.59 Å². The van der Waals surface area contributed by atoms with E-state index in [-0.39, 0.29) is 17.2 Å². The molecule has 1 saturated heterocycles. The summed E-state index contributed by atoms with van der Waals surface area (Å²) < 4.78 is 0. The van der Waals surface area contributed by atoms with E-state index in [9.17, 15) is 9.59 Å². The average Bonchev–Trinajstić information content (AvgIpc) is 2.90. The molecule has 0 aliphatic carbocycles. The predicted molar refractivity (Wildman–Crippen MR) is 78.3 cm³/mol. The number of hydrogen-bond acceptors (Lipinski definition) is 3. The highest BCUT2D eigenvalue weighted by molar-refractivity contribution is 5.97. The number of hydrogen-bond donors (Lipinski definition) is 3. The molecule has 1 aromatic carbocycles. The summed E-state index contributed by atoms with van der Waals surface area (Å²) in [4.78, 5) is 23.6. The van der Waals surface area contributed by atoms with Crippen LogP contribution < -0.4 is 16.4 Å². The standard InChI is InChI=1S/C15H21N3O2/c1-10(2)15(7-8-17-9-15)14(20)18-12-5-3-11(4-6-12)13(16)19/h3-6,10,17H,7-9H2,1-2H3,(H2,16,19)(H,18,20). The van der Waals surface area contributed by atoms with E-state index in [0.717, 1.165) is 13.0 Å². The third-order valence-corrected chi connectivity index (χ3v) is 4.17. The van der Waals surface area contributed by atoms with Crippen LogP contribution in [-0.4, -0.2) is 24.9 Å². The zero-order valence-corrected chi connectivity index (χ0v) is 11.9. The van der Waals surface area contributed by atoms with Crippen LogP contribution in [0.2, 0.25) is 0 Å². The molecule has 1 aliphatic heterocycles. The van der Waals surface area contributed by atoms with Crippen LogP contribution in [0.4, 0.5) is 5.69 Å². The third-order valence-electron chi connectivity index (χ3n) is 4.17. The van der Waals surface area contributed by atoms with Crippen molar-refractivity contribution in [1.82, 2.24) is 5.32 Å². The van der Waals surface area contributed by atoms with Crippen molar-refractivity contribution in [2.24, 2.45) is 17.1 Å². The van der Waals surface area contributed by atoms with Crippen LogP contribution in [0.3, 0.4) is 0 Å². The Hall–Kier alpha value is -1.88. The van der Waals surface area contributed by atoms with Gasteiger partial charge in [-0.2, -0.15) is 0 Å². The molecule has 2 amide bonds. The number of benzene rings is 1. The fraction of sp³-hybridized carbons (Fsp3) is 0.467. The largest absolute Gasteiger partial charge is 0.366 e. The normalized spacial score (nSPS) is 21.9. The Balaban J connectivity index is 2.12. The molecule has 2 rings (SSSR count). The summed E-state index contributed by atoms with van der Waals surface area (Å²) in [5.41, 5.74) is 5.95. The smallest absolute Gasteiger partial charge is 0.248 e. The number of carbonyl (C=O) groups excluding carboxylic acids is 2. The lowest BCUT2D eigenvalue weighted by atomic mass is 9.75. The molecule has 4 N–H and O–H groups in total. The van der Waals surface area contributed by atoms with Gasteiger partial charge >= 0.3 is 0 Å². The molecular weight excluding hydrogens is 254 g/mol. The van der Waals surface area contributed by atoms with Gasteiger partial charge in [0.2, 0.25) is 11.8 Å². The molecule has 1 fully saturated rings. The fourth-order valence-electron chi connectivity index (χ4n) is 2.63. The lowest BCUT2D eigenvalue weighted by molar-refractivity contribution is -0.126. The van der Waals surface area contributed by atoms with E-state index < -0.39 is 5.91 Å². The van der Waals surface area contributed by atoms with Gasteiger partial charge in [-0.05, 0) is 43.1 Å². The first-order chi connectivity index (χ1) is 9.45. The lowest BCUT2D eigenvalue weighted by Crippen LogP contribution is -2.42. The van der Waals surface area contributed by atoms with Crippen LogP contribution in [0.1, 0.15) is 30.6 Å². The molecule has 1 aromatic rings. The van der Waals surface area contributed by atoms with Gasteiger partial charge in [0, 0.05) is 17.8 Å². The Labute approximate surface area is 118 Å². The second kappa shape index (κ2) is 5.63. The summed E-state index contributed by atoms with van der Waals surface area (Å²) in [6.07, 6.45) is 0.843. The maximum absolute atomic E-state index is 12.6. The molecule has 0 bridgehead atoms. The van der Waals surface area contributed by atoms with Crippen LogP contribution in [0, 0.1) is 11.3 Å². The van der Waals surface area contributed by atoms with Gasteiger partial charge in [0.1, 0.15) is 0 Å². The number of primary amides is 1. The molecule has 0 aromatic heterocycles. The van der Waals surface area contributed by atoms with Gasteiger partial charge in [-0.25, -0.2) is 0 Å². The fourth-order valence-corrected chi connectivity index (χ4v) is 2.63. The predicted octanol–water partition coefficient (Wildman–Crippen LogP) is 1.36. The minimum Gasteiger partial charge on any atom is -0.366 e. The Morgan fingerprint density at radius 3 is 2.40 bits per heavy atom. The topological polar surface area (TPSA) is 84.2 Å². The number of nitrogens with one attached hydrogen (secondary N) is 2. The van der Waals surface area contributed by atoms with Crippen molar-refractivity contribution in [1.29, 1.82) is 0 Å². The summed E-state index contributed by atoms with van der Waals surface area (Å²) in [5, 5.41) is 6.20. The first kappa shape index (κ1) is 14.5. The number of amides is 2. The zero-order valence-electron chi connectivity index (χ0n) is 11.9. The molecule has 5 heteroatoms. The van der Waals surface area contributed by atoms with Gasteiger partial charge in [0.15, 0.2) is 0 Å². The second-order valence-corrected chi connectivity index (χ2v) is 5.63. The van der Waals surface area contributed by atoms with Crippen LogP contribution in [0.15, 0.2) is 24.3 Å². The van der Waals surface area contributed by atoms with E-state index in [1.54, 1.807) is 24.3 Å². The summed E-state index contributed by atoms with van der Waals surface area (Å²) in [5.74, 6) is -0.173. The zero-order chi connectivity index (χ0) is 14.8. The molecule has 0 spiro atoms. The number of nitrogens with two attached hydrogens (primary N) is 1. The van der Waals surface area contributed by atoms with Gasteiger partial charge in [-0.15, -0.1) is 0 Å². The van der Waals surface area contributed by atoms with E-state index in [1.807, 2.05) is 0 Å². The Morgan fingerprint density at radius 1 is 1.30 bits per heavy atom. The van der Waals surface area contributed by atoms with Gasteiger partial charge in [0.25, 0.3) is 0 Å². The first-order valence-electron chi connectivity index (χ1n) is 6.88. The van der Waals surface area contributed by atoms with E-state index in [4.69, 9.17) is 5.73 Å². The van der Waals surface area contributed by atoms with Crippen LogP contribution in [0.5, 0.6) is 0 Å². The number of rotatable bonds is 4. The van der Waals surface area contributed by atoms with Crippen molar-refractivity contribution in [2.75, 3.05) is 18.4 Å². The summed E-state index contributed by atoms with van der Waals surface area (Å²) >= 11 is 0. The van der Waals surface area contributed by atoms with Crippen molar-refractivity contribution in [3.8, 4) is 0 Å². The summed E-state index contributed by atoms with van der Waals surface area (Å²) in [6.45, 7) is 5.72. The Bertz CT molecular complexity index is 502. The van der Waals surface area contributed by atoms with E-state index in [1.165, 1.54) is 0 Å². The molecule has 108 valence electrons. The lowest BCUT2D eigenvalue weighted by Gasteiger charge is -2.31. The van der Waals surface area contributed by atoms with E-state index in [2.05, 4.69) is 24.5 Å². The minimum absolute atomic E-state index is 0.0318. The quantitative estimate of drug-likeness (QED) is 0.775. The molecule has 1 aliphatic rings. The van der Waals surface area contributed by atoms with Gasteiger partial charge in [0.05, 0.1) is 5.41 Å². The Kier molecular flexibility index (Phi) is 4.09. The van der Waals surface area contributed by atoms with Gasteiger partial charge in [-0.1, -0.05) is 13.8 Å². The molecule has 1 unspecified atom stereocenters. The highest BCUT2D eigenvalue weighted by atomic mass is 16.2. The third kappa shape index (κ3) is 2.67. The molecule has 1 atom stereocenters. The molecule has 5 nitrogen and oxygen atoms in total. The van der Waals surface area contributed by atoms with Crippen molar-refractivity contribution in [3.05, 3.63) is 29.8 Å². The average molecular weight is 275 g/mol. The van der Waals surface area contributed by atoms with E-state index >= 15 is 0 Å². The summed E-state index contributed by atoms with van der Waals surface area (Å²) in [7, 11) is 0. The van der Waals surface area contributed by atoms with Gasteiger partial charge < -0.3 is 16.4 Å². The molecule has 20 heavy (non-hydrogen) atoms. The molecule has 0 radical (unpaired) electrons. The Morgan fingerprint density at radius 2 is 1.95 bits per heavy atom. The highest BCUT2D eigenvalue weighted by Crippen LogP contribution is 2.35. The second-order valence-electron chi connectivity index (χ2n) is 5.63. The SMILES string of the molecule is CC(C)C1(C(=O)Nc2ccc(C(N)=O)cc2)CCNC1. The maximum atomic E-state index is 12.6. The molecule has 1 heterocycles. The van der Waals surface area contributed by atoms with Crippen molar-refractivity contribution >= 4 is 17.5 Å². The number of anilines is 1. The maximum Gasteiger partial charge on any atom is 0.248 e. The van der Waals surface area contributed by atoms with E-state index in [0.29, 0.717) is 17.8 Å². The van der Waals surface area contributed by atoms with Gasteiger partial charge in [-0.3, -0.25) is 9.59 Å². The number of carbonyl (C=O) groups is 2. The van der Waals surface area contributed by atoms with Crippen molar-refractivity contribution in [3.63, 3.8) is 0 Å². The van der Waals surface area contributed by atoms with Crippen LogP contribution in [0.25, 0.3) is 0 Å². The van der Waals surface area contributed by atoms with Crippen molar-refractivity contribution in [2.45, 2.75) is 20.3 Å².